The Kier molecular flexibility index (Phi) is 4.54. The van der Waals surface area contributed by atoms with Crippen LogP contribution in [0.2, 0.25) is 0 Å². The van der Waals surface area contributed by atoms with Crippen molar-refractivity contribution in [1.82, 2.24) is 0 Å². The van der Waals surface area contributed by atoms with Crippen LogP contribution in [0.5, 0.6) is 11.5 Å². The monoisotopic (exact) mass is 404 g/mol. The maximum Gasteiger partial charge on any atom is 0.126 e. The summed E-state index contributed by atoms with van der Waals surface area (Å²) in [7, 11) is 0. The molecule has 0 radical (unpaired) electrons. The number of nitrogens with two attached hydrogens (primary N) is 2. The molecule has 0 amide bonds. The molecule has 0 bridgehead atoms. The Morgan fingerprint density at radius 2 is 1.63 bits per heavy atom. The van der Waals surface area contributed by atoms with Crippen LogP contribution in [0.1, 0.15) is 82.4 Å². The summed E-state index contributed by atoms with van der Waals surface area (Å²) in [6.07, 6.45) is 7.79. The minimum absolute atomic E-state index is 0.410. The van der Waals surface area contributed by atoms with E-state index in [1.54, 1.807) is 11.1 Å². The number of ether oxygens (including phenoxy) is 2. The van der Waals surface area contributed by atoms with Gasteiger partial charge in [0.1, 0.15) is 11.5 Å². The van der Waals surface area contributed by atoms with Gasteiger partial charge < -0.3 is 20.9 Å². The number of rotatable bonds is 5. The summed E-state index contributed by atoms with van der Waals surface area (Å²) >= 11 is 0. The van der Waals surface area contributed by atoms with Crippen LogP contribution in [0.4, 0.5) is 0 Å². The summed E-state index contributed by atoms with van der Waals surface area (Å²) in [5, 5.41) is 0. The smallest absolute Gasteiger partial charge is 0.126 e. The van der Waals surface area contributed by atoms with Gasteiger partial charge in [0.25, 0.3) is 0 Å². The molecule has 4 nitrogen and oxygen atoms in total. The van der Waals surface area contributed by atoms with Gasteiger partial charge in [0.2, 0.25) is 0 Å². The number of hydrogen-bond acceptors (Lipinski definition) is 4. The molecule has 30 heavy (non-hydrogen) atoms. The summed E-state index contributed by atoms with van der Waals surface area (Å²) in [4.78, 5) is 0. The van der Waals surface area contributed by atoms with Crippen molar-refractivity contribution in [2.45, 2.75) is 62.7 Å². The minimum Gasteiger partial charge on any atom is -0.493 e. The van der Waals surface area contributed by atoms with Gasteiger partial charge in [-0.25, -0.2) is 0 Å². The fourth-order valence-electron chi connectivity index (χ4n) is 6.83. The SMILES string of the molecule is NCC[C@@H]1CCc2cc(C3C[C@@H](CCN)c4c3ccc3c4CCO3)c3c(c21)CCO3. The molecule has 2 aromatic carbocycles. The lowest BCUT2D eigenvalue weighted by Gasteiger charge is -2.21. The Labute approximate surface area is 178 Å². The van der Waals surface area contributed by atoms with Crippen molar-refractivity contribution in [2.75, 3.05) is 26.3 Å². The summed E-state index contributed by atoms with van der Waals surface area (Å²) in [6, 6.07) is 7.02. The van der Waals surface area contributed by atoms with Crippen LogP contribution in [0.3, 0.4) is 0 Å². The van der Waals surface area contributed by atoms with Crippen LogP contribution in [0.15, 0.2) is 18.2 Å². The molecule has 4 aliphatic rings. The highest BCUT2D eigenvalue weighted by Gasteiger charge is 2.39. The quantitative estimate of drug-likeness (QED) is 0.793. The summed E-state index contributed by atoms with van der Waals surface area (Å²) in [5.74, 6) is 3.85. The zero-order valence-electron chi connectivity index (χ0n) is 17.7. The topological polar surface area (TPSA) is 70.5 Å². The molecule has 2 heterocycles. The largest absolute Gasteiger partial charge is 0.493 e. The van der Waals surface area contributed by atoms with Crippen molar-refractivity contribution < 1.29 is 9.47 Å². The molecule has 4 heteroatoms. The number of hydrogen-bond donors (Lipinski definition) is 2. The van der Waals surface area contributed by atoms with Gasteiger partial charge in [-0.05, 0) is 85.3 Å². The lowest BCUT2D eigenvalue weighted by Crippen LogP contribution is -2.08. The third-order valence-corrected chi connectivity index (χ3v) is 7.97. The molecule has 0 aromatic heterocycles. The van der Waals surface area contributed by atoms with Crippen molar-refractivity contribution >= 4 is 0 Å². The summed E-state index contributed by atoms with van der Waals surface area (Å²) < 4.78 is 12.2. The second-order valence-corrected chi connectivity index (χ2v) is 9.46. The van der Waals surface area contributed by atoms with Crippen molar-refractivity contribution in [3.05, 3.63) is 57.1 Å². The normalized spacial score (nSPS) is 25.5. The average Bonchev–Trinajstić information content (AvgIpc) is 3.52. The van der Waals surface area contributed by atoms with Gasteiger partial charge in [-0.3, -0.25) is 0 Å². The van der Waals surface area contributed by atoms with Crippen molar-refractivity contribution in [3.63, 3.8) is 0 Å². The predicted octanol–water partition coefficient (Wildman–Crippen LogP) is 3.90. The first-order valence-electron chi connectivity index (χ1n) is 11.8. The summed E-state index contributed by atoms with van der Waals surface area (Å²) in [5.41, 5.74) is 22.5. The lowest BCUT2D eigenvalue weighted by atomic mass is 9.84. The fourth-order valence-corrected chi connectivity index (χ4v) is 6.83. The molecular weight excluding hydrogens is 372 g/mol. The van der Waals surface area contributed by atoms with E-state index in [2.05, 4.69) is 18.2 Å². The van der Waals surface area contributed by atoms with Gasteiger partial charge in [-0.15, -0.1) is 0 Å². The standard InChI is InChI=1S/C26H32N2O2/c27-9-5-15-1-2-16-14-22(26-20(24(15)16)8-12-30-26)21-13-17(6-10-28)25-18(21)3-4-23-19(25)7-11-29-23/h3-4,14-15,17,21H,1-2,5-13,27-28H2/t15-,17+,21?/m0/s1. The highest BCUT2D eigenvalue weighted by Crippen LogP contribution is 2.55. The van der Waals surface area contributed by atoms with Gasteiger partial charge in [0.15, 0.2) is 0 Å². The zero-order valence-corrected chi connectivity index (χ0v) is 17.7. The zero-order chi connectivity index (χ0) is 20.2. The maximum atomic E-state index is 6.32. The van der Waals surface area contributed by atoms with Crippen LogP contribution >= 0.6 is 0 Å². The molecule has 1 unspecified atom stereocenters. The summed E-state index contributed by atoms with van der Waals surface area (Å²) in [6.45, 7) is 3.13. The Balaban J connectivity index is 1.48. The Hall–Kier alpha value is -2.04. The van der Waals surface area contributed by atoms with E-state index >= 15 is 0 Å². The van der Waals surface area contributed by atoms with Gasteiger partial charge >= 0.3 is 0 Å². The second kappa shape index (κ2) is 7.28. The third kappa shape index (κ3) is 2.66. The molecule has 4 N–H and O–H groups in total. The van der Waals surface area contributed by atoms with Crippen LogP contribution in [0, 0.1) is 0 Å². The van der Waals surface area contributed by atoms with Crippen LogP contribution in [0.25, 0.3) is 0 Å². The van der Waals surface area contributed by atoms with E-state index < -0.39 is 0 Å². The molecule has 0 saturated carbocycles. The van der Waals surface area contributed by atoms with Crippen molar-refractivity contribution in [2.24, 2.45) is 11.5 Å². The van der Waals surface area contributed by atoms with E-state index in [9.17, 15) is 0 Å². The number of fused-ring (bicyclic) bond motifs is 6. The molecule has 0 spiro atoms. The predicted molar refractivity (Wildman–Crippen MR) is 119 cm³/mol. The Bertz CT molecular complexity index is 999. The van der Waals surface area contributed by atoms with Crippen molar-refractivity contribution in [3.8, 4) is 11.5 Å². The molecular formula is C26H32N2O2. The first kappa shape index (κ1) is 18.7. The fraction of sp³-hybridized carbons (Fsp3) is 0.538. The van der Waals surface area contributed by atoms with E-state index in [4.69, 9.17) is 20.9 Å². The molecule has 2 aromatic rings. The number of aryl methyl sites for hydroxylation is 1. The Morgan fingerprint density at radius 1 is 0.833 bits per heavy atom. The highest BCUT2D eigenvalue weighted by molar-refractivity contribution is 5.62. The molecule has 2 aliphatic carbocycles. The van der Waals surface area contributed by atoms with Crippen LogP contribution < -0.4 is 20.9 Å². The lowest BCUT2D eigenvalue weighted by molar-refractivity contribution is 0.351. The molecule has 0 saturated heterocycles. The van der Waals surface area contributed by atoms with Gasteiger partial charge in [0, 0.05) is 35.4 Å². The third-order valence-electron chi connectivity index (χ3n) is 7.97. The van der Waals surface area contributed by atoms with Crippen LogP contribution in [-0.4, -0.2) is 26.3 Å². The minimum atomic E-state index is 0.410. The first-order valence-corrected chi connectivity index (χ1v) is 11.8. The van der Waals surface area contributed by atoms with Crippen LogP contribution in [-0.2, 0) is 19.3 Å². The van der Waals surface area contributed by atoms with Crippen molar-refractivity contribution in [1.29, 1.82) is 0 Å². The highest BCUT2D eigenvalue weighted by atomic mass is 16.5. The van der Waals surface area contributed by atoms with Gasteiger partial charge in [-0.2, -0.15) is 0 Å². The maximum absolute atomic E-state index is 6.32. The average molecular weight is 405 g/mol. The van der Waals surface area contributed by atoms with E-state index in [0.29, 0.717) is 17.8 Å². The van der Waals surface area contributed by atoms with Gasteiger partial charge in [0.05, 0.1) is 13.2 Å². The van der Waals surface area contributed by atoms with E-state index in [0.717, 1.165) is 64.2 Å². The number of benzene rings is 2. The first-order chi connectivity index (χ1) is 14.8. The molecule has 3 atom stereocenters. The Morgan fingerprint density at radius 3 is 2.50 bits per heavy atom. The second-order valence-electron chi connectivity index (χ2n) is 9.46. The molecule has 158 valence electrons. The van der Waals surface area contributed by atoms with E-state index in [1.165, 1.54) is 46.4 Å². The molecule has 2 aliphatic heterocycles. The van der Waals surface area contributed by atoms with E-state index in [1.807, 2.05) is 0 Å². The molecule has 6 rings (SSSR count). The van der Waals surface area contributed by atoms with Gasteiger partial charge in [-0.1, -0.05) is 12.1 Å². The molecule has 0 fully saturated rings. The van der Waals surface area contributed by atoms with E-state index in [-0.39, 0.29) is 0 Å².